The second-order valence-electron chi connectivity index (χ2n) is 7.76. The highest BCUT2D eigenvalue weighted by Gasteiger charge is 2.26. The van der Waals surface area contributed by atoms with E-state index in [1.165, 1.54) is 36.4 Å². The number of nitrogens with zero attached hydrogens (tertiary/aromatic N) is 2. The number of nitro benzene ring substituents is 1. The van der Waals surface area contributed by atoms with E-state index in [2.05, 4.69) is 20.9 Å². The van der Waals surface area contributed by atoms with Crippen LogP contribution in [0.4, 0.5) is 5.69 Å². The van der Waals surface area contributed by atoms with Crippen LogP contribution in [-0.4, -0.2) is 75.1 Å². The Balaban J connectivity index is 1.60. The van der Waals surface area contributed by atoms with Crippen molar-refractivity contribution < 1.29 is 32.8 Å². The lowest BCUT2D eigenvalue weighted by Gasteiger charge is -2.16. The molecular formula is C22H26N6O8S. The number of aliphatic imine (C=N–C) groups is 1. The fourth-order valence-corrected chi connectivity index (χ4v) is 4.45. The maximum Gasteiger partial charge on any atom is 0.323 e. The molecule has 15 heteroatoms. The van der Waals surface area contributed by atoms with E-state index < -0.39 is 45.1 Å². The van der Waals surface area contributed by atoms with Crippen molar-refractivity contribution in [1.29, 1.82) is 0 Å². The van der Waals surface area contributed by atoms with Crippen LogP contribution in [0.15, 0.2) is 58.4 Å². The Morgan fingerprint density at radius 2 is 1.97 bits per heavy atom. The number of ether oxygens (including phenoxy) is 1. The average molecular weight is 535 g/mol. The molecule has 1 heterocycles. The van der Waals surface area contributed by atoms with Gasteiger partial charge in [-0.1, -0.05) is 18.2 Å². The Kier molecular flexibility index (Phi) is 9.34. The van der Waals surface area contributed by atoms with Crippen LogP contribution in [0.2, 0.25) is 0 Å². The zero-order valence-electron chi connectivity index (χ0n) is 19.5. The van der Waals surface area contributed by atoms with Gasteiger partial charge in [0.25, 0.3) is 5.91 Å². The number of carbonyl (C=O) groups is 2. The van der Waals surface area contributed by atoms with Crippen LogP contribution < -0.4 is 25.4 Å². The van der Waals surface area contributed by atoms with Gasteiger partial charge in [0.05, 0.1) is 16.4 Å². The lowest BCUT2D eigenvalue weighted by molar-refractivity contribution is -0.385. The second-order valence-corrected chi connectivity index (χ2v) is 9.47. The standard InChI is InChI=1S/C22H26N6O8S/c29-20(26-14-17(21(30)31)27-37(34,35)16-5-2-1-3-6-16)15-7-8-19(18(13-15)28(32)33)36-12-11-25-22-23-9-4-10-24-22/h1-3,5-8,13,17,27H,4,9-12,14H2,(H,26,29)(H,30,31)(H2,23,24,25)/t17-/m0/s1. The predicted octanol–water partition coefficient (Wildman–Crippen LogP) is 0.0740. The molecule has 0 spiro atoms. The van der Waals surface area contributed by atoms with E-state index >= 15 is 0 Å². The number of carboxylic acids is 1. The first-order chi connectivity index (χ1) is 17.7. The van der Waals surface area contributed by atoms with Gasteiger partial charge in [-0.2, -0.15) is 4.72 Å². The van der Waals surface area contributed by atoms with Gasteiger partial charge in [-0.3, -0.25) is 24.7 Å². The van der Waals surface area contributed by atoms with Crippen molar-refractivity contribution in [2.45, 2.75) is 17.4 Å². The second kappa shape index (κ2) is 12.6. The zero-order valence-corrected chi connectivity index (χ0v) is 20.4. The van der Waals surface area contributed by atoms with Crippen molar-refractivity contribution >= 4 is 33.5 Å². The van der Waals surface area contributed by atoms with Crippen molar-refractivity contribution in [3.05, 3.63) is 64.2 Å². The van der Waals surface area contributed by atoms with E-state index in [1.807, 2.05) is 4.72 Å². The van der Waals surface area contributed by atoms with Crippen LogP contribution in [0.5, 0.6) is 5.75 Å². The minimum atomic E-state index is -4.16. The molecule has 3 rings (SSSR count). The van der Waals surface area contributed by atoms with Crippen molar-refractivity contribution in [2.75, 3.05) is 32.8 Å². The van der Waals surface area contributed by atoms with Crippen LogP contribution in [-0.2, 0) is 14.8 Å². The maximum absolute atomic E-state index is 12.6. The lowest BCUT2D eigenvalue weighted by atomic mass is 10.1. The number of hydrogen-bond donors (Lipinski definition) is 5. The van der Waals surface area contributed by atoms with Crippen molar-refractivity contribution in [2.24, 2.45) is 4.99 Å². The molecule has 0 aliphatic carbocycles. The summed E-state index contributed by atoms with van der Waals surface area (Å²) in [6.45, 7) is 1.33. The smallest absolute Gasteiger partial charge is 0.323 e. The Bertz CT molecular complexity index is 1270. The van der Waals surface area contributed by atoms with Gasteiger partial charge in [-0.15, -0.1) is 0 Å². The number of carbonyl (C=O) groups excluding carboxylic acids is 1. The van der Waals surface area contributed by atoms with Gasteiger partial charge < -0.3 is 25.8 Å². The molecule has 0 unspecified atom stereocenters. The van der Waals surface area contributed by atoms with E-state index in [0.717, 1.165) is 19.0 Å². The monoisotopic (exact) mass is 534 g/mol. The normalized spacial score (nSPS) is 14.0. The third-order valence-electron chi connectivity index (χ3n) is 5.08. The van der Waals surface area contributed by atoms with E-state index in [-0.39, 0.29) is 22.8 Å². The lowest BCUT2D eigenvalue weighted by Crippen LogP contribution is -2.48. The average Bonchev–Trinajstić information content (AvgIpc) is 2.89. The minimum Gasteiger partial charge on any atom is -0.485 e. The molecule has 1 amide bonds. The number of carboxylic acid groups (broad SMARTS) is 1. The topological polar surface area (TPSA) is 201 Å². The van der Waals surface area contributed by atoms with Gasteiger partial charge >= 0.3 is 11.7 Å². The molecule has 198 valence electrons. The number of sulfonamides is 1. The predicted molar refractivity (Wildman–Crippen MR) is 132 cm³/mol. The number of nitro groups is 1. The van der Waals surface area contributed by atoms with E-state index in [4.69, 9.17) is 4.74 Å². The molecule has 1 atom stereocenters. The van der Waals surface area contributed by atoms with Crippen LogP contribution in [0, 0.1) is 10.1 Å². The summed E-state index contributed by atoms with van der Waals surface area (Å²) in [6.07, 6.45) is 0.939. The van der Waals surface area contributed by atoms with Gasteiger partial charge in [0.2, 0.25) is 10.0 Å². The number of guanidine groups is 1. The van der Waals surface area contributed by atoms with Gasteiger partial charge in [0.1, 0.15) is 12.6 Å². The highest BCUT2D eigenvalue weighted by molar-refractivity contribution is 7.89. The highest BCUT2D eigenvalue weighted by atomic mass is 32.2. The van der Waals surface area contributed by atoms with Crippen molar-refractivity contribution in [1.82, 2.24) is 20.7 Å². The molecule has 0 saturated carbocycles. The number of nitrogens with one attached hydrogen (secondary N) is 4. The molecule has 0 aromatic heterocycles. The first-order valence-electron chi connectivity index (χ1n) is 11.2. The highest BCUT2D eigenvalue weighted by Crippen LogP contribution is 2.28. The van der Waals surface area contributed by atoms with E-state index in [0.29, 0.717) is 19.0 Å². The Hall–Kier alpha value is -4.24. The van der Waals surface area contributed by atoms with Crippen LogP contribution in [0.25, 0.3) is 0 Å². The number of hydrogen-bond acceptors (Lipinski definition) is 10. The number of benzene rings is 2. The summed E-state index contributed by atoms with van der Waals surface area (Å²) in [5.41, 5.74) is -0.590. The Morgan fingerprint density at radius 1 is 1.22 bits per heavy atom. The van der Waals surface area contributed by atoms with Crippen LogP contribution in [0.1, 0.15) is 16.8 Å². The third-order valence-corrected chi connectivity index (χ3v) is 6.57. The first-order valence-corrected chi connectivity index (χ1v) is 12.7. The number of rotatable bonds is 12. The summed E-state index contributed by atoms with van der Waals surface area (Å²) >= 11 is 0. The van der Waals surface area contributed by atoms with E-state index in [1.54, 1.807) is 6.07 Å². The largest absolute Gasteiger partial charge is 0.485 e. The molecule has 37 heavy (non-hydrogen) atoms. The van der Waals surface area contributed by atoms with Gasteiger partial charge in [0.15, 0.2) is 11.7 Å². The molecule has 14 nitrogen and oxygen atoms in total. The molecule has 2 aromatic carbocycles. The molecule has 2 aromatic rings. The van der Waals surface area contributed by atoms with Crippen LogP contribution in [0.3, 0.4) is 0 Å². The SMILES string of the molecule is O=C(NC[C@H](NS(=O)(=O)c1ccccc1)C(=O)O)c1ccc(OCCNC2=NCCCN2)c([N+](=O)[O-])c1. The summed E-state index contributed by atoms with van der Waals surface area (Å²) in [5.74, 6) is -1.77. The molecule has 1 aliphatic heterocycles. The summed E-state index contributed by atoms with van der Waals surface area (Å²) in [4.78, 5) is 39.0. The first kappa shape index (κ1) is 27.3. The molecule has 0 saturated heterocycles. The molecule has 5 N–H and O–H groups in total. The third kappa shape index (κ3) is 7.88. The Morgan fingerprint density at radius 3 is 2.62 bits per heavy atom. The van der Waals surface area contributed by atoms with Gasteiger partial charge in [-0.25, -0.2) is 8.42 Å². The molecule has 0 radical (unpaired) electrons. The van der Waals surface area contributed by atoms with Gasteiger partial charge in [-0.05, 0) is 30.7 Å². The fraction of sp³-hybridized carbons (Fsp3) is 0.318. The number of amides is 1. The van der Waals surface area contributed by atoms with Crippen molar-refractivity contribution in [3.8, 4) is 5.75 Å². The summed E-state index contributed by atoms with van der Waals surface area (Å²) in [6, 6.07) is 9.00. The summed E-state index contributed by atoms with van der Waals surface area (Å²) in [7, 11) is -4.16. The zero-order chi connectivity index (χ0) is 26.8. The van der Waals surface area contributed by atoms with Gasteiger partial charge in [0, 0.05) is 31.3 Å². The maximum atomic E-state index is 12.6. The minimum absolute atomic E-state index is 0.0547. The summed E-state index contributed by atoms with van der Waals surface area (Å²) < 4.78 is 32.3. The molecular weight excluding hydrogens is 508 g/mol. The number of aliphatic carboxylic acids is 1. The quantitative estimate of drug-likeness (QED) is 0.141. The fourth-order valence-electron chi connectivity index (χ4n) is 3.24. The molecule has 0 fully saturated rings. The Labute approximate surface area is 212 Å². The molecule has 1 aliphatic rings. The van der Waals surface area contributed by atoms with Crippen LogP contribution >= 0.6 is 0 Å². The van der Waals surface area contributed by atoms with E-state index in [9.17, 15) is 33.2 Å². The summed E-state index contributed by atoms with van der Waals surface area (Å²) in [5, 5.41) is 29.3. The molecule has 0 bridgehead atoms. The van der Waals surface area contributed by atoms with Crippen molar-refractivity contribution in [3.63, 3.8) is 0 Å².